The summed E-state index contributed by atoms with van der Waals surface area (Å²) in [5.74, 6) is 1.06. The van der Waals surface area contributed by atoms with E-state index >= 15 is 0 Å². The molecule has 11 heavy (non-hydrogen) atoms. The van der Waals surface area contributed by atoms with E-state index in [1.165, 1.54) is 6.42 Å². The third-order valence-electron chi connectivity index (χ3n) is 1.64. The molecule has 0 amide bonds. The van der Waals surface area contributed by atoms with Gasteiger partial charge in [-0.25, -0.2) is 0 Å². The Balaban J connectivity index is 3.29. The number of hydrogen-bond donors (Lipinski definition) is 1. The summed E-state index contributed by atoms with van der Waals surface area (Å²) >= 11 is 1.95. The van der Waals surface area contributed by atoms with Crippen LogP contribution < -0.4 is 5.73 Å². The van der Waals surface area contributed by atoms with E-state index in [2.05, 4.69) is 20.4 Å². The highest BCUT2D eigenvalue weighted by atomic mass is 32.2. The van der Waals surface area contributed by atoms with Gasteiger partial charge in [0.1, 0.15) is 0 Å². The summed E-state index contributed by atoms with van der Waals surface area (Å²) in [6.45, 7) is 8.11. The molecule has 2 unspecified atom stereocenters. The summed E-state index contributed by atoms with van der Waals surface area (Å²) in [7, 11) is 0. The molecule has 2 heteroatoms. The largest absolute Gasteiger partial charge is 0.327 e. The topological polar surface area (TPSA) is 26.0 Å². The zero-order chi connectivity index (χ0) is 8.69. The Morgan fingerprint density at radius 2 is 2.27 bits per heavy atom. The van der Waals surface area contributed by atoms with Crippen molar-refractivity contribution < 1.29 is 0 Å². The predicted molar refractivity (Wildman–Crippen MR) is 55.0 cm³/mol. The quantitative estimate of drug-likeness (QED) is 0.624. The van der Waals surface area contributed by atoms with Crippen LogP contribution >= 0.6 is 11.8 Å². The lowest BCUT2D eigenvalue weighted by Crippen LogP contribution is -2.22. The molecule has 0 heterocycles. The summed E-state index contributed by atoms with van der Waals surface area (Å²) < 4.78 is 0. The van der Waals surface area contributed by atoms with Gasteiger partial charge in [0, 0.05) is 17.0 Å². The van der Waals surface area contributed by atoms with E-state index in [4.69, 9.17) is 5.73 Å². The van der Waals surface area contributed by atoms with Gasteiger partial charge >= 0.3 is 0 Å². The fourth-order valence-corrected chi connectivity index (χ4v) is 1.64. The molecule has 0 radical (unpaired) electrons. The molecule has 0 rings (SSSR count). The van der Waals surface area contributed by atoms with E-state index in [0.717, 1.165) is 17.4 Å². The Hall–Kier alpha value is 0.0500. The third-order valence-corrected chi connectivity index (χ3v) is 3.16. The maximum Gasteiger partial charge on any atom is 0.0165 e. The first-order valence-corrected chi connectivity index (χ1v) is 5.23. The Morgan fingerprint density at radius 3 is 2.73 bits per heavy atom. The van der Waals surface area contributed by atoms with Crippen LogP contribution in [0.2, 0.25) is 0 Å². The lowest BCUT2D eigenvalue weighted by Gasteiger charge is -2.12. The predicted octanol–water partition coefficient (Wildman–Crippen LogP) is 2.42. The number of nitrogens with two attached hydrogens (primary N) is 1. The zero-order valence-corrected chi connectivity index (χ0v) is 8.36. The van der Waals surface area contributed by atoms with Gasteiger partial charge in [0.2, 0.25) is 0 Å². The highest BCUT2D eigenvalue weighted by Crippen LogP contribution is 2.14. The molecule has 66 valence electrons. The van der Waals surface area contributed by atoms with Crippen molar-refractivity contribution in [3.63, 3.8) is 0 Å². The summed E-state index contributed by atoms with van der Waals surface area (Å²) in [6.07, 6.45) is 4.05. The Kier molecular flexibility index (Phi) is 6.77. The molecule has 0 saturated carbocycles. The summed E-state index contributed by atoms with van der Waals surface area (Å²) in [6, 6.07) is 0.298. The second-order valence-electron chi connectivity index (χ2n) is 2.84. The van der Waals surface area contributed by atoms with Crippen LogP contribution in [0.15, 0.2) is 12.7 Å². The van der Waals surface area contributed by atoms with Gasteiger partial charge in [-0.3, -0.25) is 0 Å². The van der Waals surface area contributed by atoms with Crippen molar-refractivity contribution >= 4 is 11.8 Å². The minimum atomic E-state index is 0.298. The molecular weight excluding hydrogens is 154 g/mol. The van der Waals surface area contributed by atoms with Gasteiger partial charge in [-0.05, 0) is 12.8 Å². The Bertz CT molecular complexity index is 104. The summed E-state index contributed by atoms with van der Waals surface area (Å²) in [5.41, 5.74) is 5.80. The van der Waals surface area contributed by atoms with E-state index in [0.29, 0.717) is 6.04 Å². The normalized spacial score (nSPS) is 15.9. The first-order valence-electron chi connectivity index (χ1n) is 4.18. The first-order chi connectivity index (χ1) is 5.20. The molecule has 0 saturated heterocycles. The maximum atomic E-state index is 5.80. The van der Waals surface area contributed by atoms with Crippen LogP contribution in [0, 0.1) is 0 Å². The Morgan fingerprint density at radius 1 is 1.64 bits per heavy atom. The minimum Gasteiger partial charge on any atom is -0.327 e. The van der Waals surface area contributed by atoms with Crippen LogP contribution in [0.1, 0.15) is 26.7 Å². The summed E-state index contributed by atoms with van der Waals surface area (Å²) in [5, 5.41) is 0.742. The monoisotopic (exact) mass is 173 g/mol. The second-order valence-corrected chi connectivity index (χ2v) is 4.31. The van der Waals surface area contributed by atoms with Crippen molar-refractivity contribution in [3.05, 3.63) is 12.7 Å². The second kappa shape index (κ2) is 6.74. The van der Waals surface area contributed by atoms with Crippen LogP contribution in [0.3, 0.4) is 0 Å². The van der Waals surface area contributed by atoms with E-state index < -0.39 is 0 Å². The average Bonchev–Trinajstić information content (AvgIpc) is 2.01. The molecule has 0 aliphatic carbocycles. The van der Waals surface area contributed by atoms with Crippen LogP contribution in [0.25, 0.3) is 0 Å². The van der Waals surface area contributed by atoms with Crippen LogP contribution in [0.4, 0.5) is 0 Å². The molecular formula is C9H19NS. The molecule has 0 aromatic heterocycles. The molecule has 0 aromatic carbocycles. The van der Waals surface area contributed by atoms with E-state index in [-0.39, 0.29) is 0 Å². The van der Waals surface area contributed by atoms with Crippen molar-refractivity contribution in [3.8, 4) is 0 Å². The SMILES string of the molecule is C=CCC(N)CSC(C)CC. The minimum absolute atomic E-state index is 0.298. The fraction of sp³-hybridized carbons (Fsp3) is 0.778. The molecule has 0 fully saturated rings. The molecule has 0 bridgehead atoms. The van der Waals surface area contributed by atoms with E-state index in [1.54, 1.807) is 0 Å². The van der Waals surface area contributed by atoms with Gasteiger partial charge < -0.3 is 5.73 Å². The number of hydrogen-bond acceptors (Lipinski definition) is 2. The van der Waals surface area contributed by atoms with Gasteiger partial charge in [-0.15, -0.1) is 6.58 Å². The first kappa shape index (κ1) is 11.1. The molecule has 0 aliphatic rings. The van der Waals surface area contributed by atoms with Crippen molar-refractivity contribution in [2.75, 3.05) is 5.75 Å². The molecule has 0 spiro atoms. The smallest absolute Gasteiger partial charge is 0.0165 e. The van der Waals surface area contributed by atoms with E-state index in [9.17, 15) is 0 Å². The van der Waals surface area contributed by atoms with Gasteiger partial charge in [0.05, 0.1) is 0 Å². The standard InChI is InChI=1S/C9H19NS/c1-4-6-9(10)7-11-8(3)5-2/h4,8-9H,1,5-7,10H2,2-3H3. The maximum absolute atomic E-state index is 5.80. The van der Waals surface area contributed by atoms with Crippen molar-refractivity contribution in [2.45, 2.75) is 38.0 Å². The molecule has 1 nitrogen and oxygen atoms in total. The van der Waals surface area contributed by atoms with Crippen LogP contribution in [-0.2, 0) is 0 Å². The Labute approximate surface area is 74.4 Å². The van der Waals surface area contributed by atoms with Gasteiger partial charge in [0.15, 0.2) is 0 Å². The van der Waals surface area contributed by atoms with Gasteiger partial charge in [-0.2, -0.15) is 11.8 Å². The number of rotatable bonds is 6. The van der Waals surface area contributed by atoms with Crippen LogP contribution in [-0.4, -0.2) is 17.0 Å². The number of thioether (sulfide) groups is 1. The average molecular weight is 173 g/mol. The lowest BCUT2D eigenvalue weighted by atomic mass is 10.2. The molecule has 0 aromatic rings. The van der Waals surface area contributed by atoms with Gasteiger partial charge in [-0.1, -0.05) is 19.9 Å². The fourth-order valence-electron chi connectivity index (χ4n) is 0.688. The van der Waals surface area contributed by atoms with E-state index in [1.807, 2.05) is 17.8 Å². The zero-order valence-electron chi connectivity index (χ0n) is 7.55. The molecule has 2 atom stereocenters. The highest BCUT2D eigenvalue weighted by molar-refractivity contribution is 7.99. The van der Waals surface area contributed by atoms with Crippen LogP contribution in [0.5, 0.6) is 0 Å². The molecule has 0 aliphatic heterocycles. The lowest BCUT2D eigenvalue weighted by molar-refractivity contribution is 0.765. The van der Waals surface area contributed by atoms with Gasteiger partial charge in [0.25, 0.3) is 0 Å². The summed E-state index contributed by atoms with van der Waals surface area (Å²) in [4.78, 5) is 0. The third kappa shape index (κ3) is 6.45. The van der Waals surface area contributed by atoms with Crippen molar-refractivity contribution in [1.29, 1.82) is 0 Å². The van der Waals surface area contributed by atoms with Crippen molar-refractivity contribution in [2.24, 2.45) is 5.73 Å². The molecule has 2 N–H and O–H groups in total. The van der Waals surface area contributed by atoms with Crippen molar-refractivity contribution in [1.82, 2.24) is 0 Å². The highest BCUT2D eigenvalue weighted by Gasteiger charge is 2.03.